The Balaban J connectivity index is 0.00000306. The number of benzene rings is 2. The van der Waals surface area contributed by atoms with Gasteiger partial charge in [0.05, 0.1) is 30.5 Å². The summed E-state index contributed by atoms with van der Waals surface area (Å²) in [6.07, 6.45) is 0.857. The molecule has 0 bridgehead atoms. The van der Waals surface area contributed by atoms with Gasteiger partial charge in [-0.3, -0.25) is 14.6 Å². The number of thiazole rings is 1. The molecule has 178 valence electrons. The van der Waals surface area contributed by atoms with Gasteiger partial charge in [-0.1, -0.05) is 29.0 Å². The van der Waals surface area contributed by atoms with E-state index in [0.717, 1.165) is 60.8 Å². The number of carbonyl (C=O) groups excluding carboxylic acids is 1. The standard InChI is InChI=1S/C24H29N3O4S.ClH/c1-18-4-6-19(7-5-18)31-17-23(28)27(11-3-10-26-12-14-30-15-13-26)24-25-21-9-8-20(29-2)16-22(21)32-24;/h4-9,16H,3,10-15,17H2,1-2H3;1H. The molecule has 1 aliphatic rings. The van der Waals surface area contributed by atoms with E-state index in [2.05, 4.69) is 4.90 Å². The van der Waals surface area contributed by atoms with Crippen molar-refractivity contribution in [2.45, 2.75) is 13.3 Å². The van der Waals surface area contributed by atoms with Crippen molar-refractivity contribution in [2.75, 3.05) is 58.0 Å². The summed E-state index contributed by atoms with van der Waals surface area (Å²) in [5.74, 6) is 1.37. The molecule has 1 fully saturated rings. The first kappa shape index (κ1) is 25.2. The van der Waals surface area contributed by atoms with E-state index in [1.54, 1.807) is 12.0 Å². The van der Waals surface area contributed by atoms with Gasteiger partial charge in [-0.2, -0.15) is 0 Å². The zero-order valence-electron chi connectivity index (χ0n) is 19.0. The summed E-state index contributed by atoms with van der Waals surface area (Å²) in [6.45, 7) is 6.92. The number of carbonyl (C=O) groups is 1. The number of hydrogen-bond acceptors (Lipinski definition) is 7. The summed E-state index contributed by atoms with van der Waals surface area (Å²) >= 11 is 1.50. The number of nitrogens with zero attached hydrogens (tertiary/aromatic N) is 3. The summed E-state index contributed by atoms with van der Waals surface area (Å²) in [5, 5.41) is 0.688. The molecule has 0 saturated carbocycles. The number of anilines is 1. The number of rotatable bonds is 9. The third-order valence-corrected chi connectivity index (χ3v) is 6.50. The van der Waals surface area contributed by atoms with Gasteiger partial charge in [0.15, 0.2) is 11.7 Å². The molecule has 9 heteroatoms. The van der Waals surface area contributed by atoms with E-state index in [-0.39, 0.29) is 24.9 Å². The molecule has 0 N–H and O–H groups in total. The molecule has 33 heavy (non-hydrogen) atoms. The van der Waals surface area contributed by atoms with Crippen molar-refractivity contribution >= 4 is 45.0 Å². The van der Waals surface area contributed by atoms with Crippen molar-refractivity contribution in [3.63, 3.8) is 0 Å². The van der Waals surface area contributed by atoms with Crippen LogP contribution in [0.1, 0.15) is 12.0 Å². The number of aromatic nitrogens is 1. The number of methoxy groups -OCH3 is 1. The second-order valence-corrected chi connectivity index (χ2v) is 8.79. The quantitative estimate of drug-likeness (QED) is 0.447. The average Bonchev–Trinajstić information content (AvgIpc) is 3.24. The van der Waals surface area contributed by atoms with Crippen molar-refractivity contribution in [1.82, 2.24) is 9.88 Å². The van der Waals surface area contributed by atoms with Gasteiger partial charge in [0.25, 0.3) is 5.91 Å². The van der Waals surface area contributed by atoms with Gasteiger partial charge in [-0.25, -0.2) is 4.98 Å². The first-order valence-electron chi connectivity index (χ1n) is 10.9. The van der Waals surface area contributed by atoms with E-state index in [9.17, 15) is 4.79 Å². The molecule has 0 atom stereocenters. The minimum Gasteiger partial charge on any atom is -0.497 e. The second-order valence-electron chi connectivity index (χ2n) is 7.78. The van der Waals surface area contributed by atoms with E-state index in [1.807, 2.05) is 49.4 Å². The van der Waals surface area contributed by atoms with Crippen LogP contribution in [0.4, 0.5) is 5.13 Å². The molecular formula is C24H30ClN3O4S. The Bertz CT molecular complexity index is 1040. The van der Waals surface area contributed by atoms with Crippen LogP contribution in [0.15, 0.2) is 42.5 Å². The highest BCUT2D eigenvalue weighted by atomic mass is 35.5. The summed E-state index contributed by atoms with van der Waals surface area (Å²) in [7, 11) is 1.65. The van der Waals surface area contributed by atoms with Crippen molar-refractivity contribution in [3.05, 3.63) is 48.0 Å². The molecule has 1 amide bonds. The van der Waals surface area contributed by atoms with Gasteiger partial charge < -0.3 is 14.2 Å². The minimum atomic E-state index is -0.0985. The van der Waals surface area contributed by atoms with Crippen LogP contribution < -0.4 is 14.4 Å². The molecule has 1 aromatic heterocycles. The number of halogens is 1. The van der Waals surface area contributed by atoms with Crippen molar-refractivity contribution in [1.29, 1.82) is 0 Å². The lowest BCUT2D eigenvalue weighted by Crippen LogP contribution is -2.40. The predicted molar refractivity (Wildman–Crippen MR) is 134 cm³/mol. The molecule has 1 saturated heterocycles. The van der Waals surface area contributed by atoms with Gasteiger partial charge in [-0.15, -0.1) is 12.4 Å². The fraction of sp³-hybridized carbons (Fsp3) is 0.417. The molecule has 0 aliphatic carbocycles. The lowest BCUT2D eigenvalue weighted by Gasteiger charge is -2.27. The van der Waals surface area contributed by atoms with Crippen LogP contribution >= 0.6 is 23.7 Å². The molecule has 2 aromatic carbocycles. The highest BCUT2D eigenvalue weighted by molar-refractivity contribution is 7.22. The number of morpholine rings is 1. The summed E-state index contributed by atoms with van der Waals surface area (Å²) in [5.41, 5.74) is 2.01. The molecular weight excluding hydrogens is 462 g/mol. The fourth-order valence-corrected chi connectivity index (χ4v) is 4.63. The second kappa shape index (κ2) is 12.2. The SMILES string of the molecule is COc1ccc2nc(N(CCCN3CCOCC3)C(=O)COc3ccc(C)cc3)sc2c1.Cl. The van der Waals surface area contributed by atoms with Crippen LogP contribution in [-0.4, -0.2) is 68.9 Å². The fourth-order valence-electron chi connectivity index (χ4n) is 3.60. The van der Waals surface area contributed by atoms with E-state index in [4.69, 9.17) is 19.2 Å². The monoisotopic (exact) mass is 491 g/mol. The topological polar surface area (TPSA) is 64.1 Å². The van der Waals surface area contributed by atoms with E-state index in [1.165, 1.54) is 11.3 Å². The van der Waals surface area contributed by atoms with Gasteiger partial charge in [0, 0.05) is 26.2 Å². The molecule has 4 rings (SSSR count). The Labute approximate surface area is 204 Å². The third kappa shape index (κ3) is 6.80. The number of amides is 1. The predicted octanol–water partition coefficient (Wildman–Crippen LogP) is 4.17. The minimum absolute atomic E-state index is 0. The van der Waals surface area contributed by atoms with Crippen LogP contribution in [0.5, 0.6) is 11.5 Å². The van der Waals surface area contributed by atoms with Crippen LogP contribution in [0.2, 0.25) is 0 Å². The van der Waals surface area contributed by atoms with Crippen molar-refractivity contribution in [3.8, 4) is 11.5 Å². The largest absolute Gasteiger partial charge is 0.497 e. The zero-order valence-corrected chi connectivity index (χ0v) is 20.6. The summed E-state index contributed by atoms with van der Waals surface area (Å²) < 4.78 is 17.5. The van der Waals surface area contributed by atoms with Gasteiger partial charge >= 0.3 is 0 Å². The number of aryl methyl sites for hydroxylation is 1. The van der Waals surface area contributed by atoms with Crippen LogP contribution in [0.3, 0.4) is 0 Å². The molecule has 7 nitrogen and oxygen atoms in total. The highest BCUT2D eigenvalue weighted by Crippen LogP contribution is 2.31. The van der Waals surface area contributed by atoms with E-state index >= 15 is 0 Å². The normalized spacial score (nSPS) is 14.0. The number of fused-ring (bicyclic) bond motifs is 1. The Morgan fingerprint density at radius 2 is 1.88 bits per heavy atom. The first-order chi connectivity index (χ1) is 15.6. The van der Waals surface area contributed by atoms with Gasteiger partial charge in [-0.05, 0) is 43.7 Å². The Kier molecular flexibility index (Phi) is 9.31. The molecule has 0 unspecified atom stereocenters. The van der Waals surface area contributed by atoms with E-state index in [0.29, 0.717) is 17.4 Å². The number of ether oxygens (including phenoxy) is 3. The van der Waals surface area contributed by atoms with Crippen LogP contribution in [0, 0.1) is 6.92 Å². The first-order valence-corrected chi connectivity index (χ1v) is 11.7. The number of hydrogen-bond donors (Lipinski definition) is 0. The molecule has 2 heterocycles. The lowest BCUT2D eigenvalue weighted by atomic mass is 10.2. The maximum absolute atomic E-state index is 13.2. The third-order valence-electron chi connectivity index (χ3n) is 5.46. The smallest absolute Gasteiger partial charge is 0.266 e. The maximum Gasteiger partial charge on any atom is 0.266 e. The van der Waals surface area contributed by atoms with Gasteiger partial charge in [0.2, 0.25) is 0 Å². The summed E-state index contributed by atoms with van der Waals surface area (Å²) in [6, 6.07) is 13.5. The molecule has 0 radical (unpaired) electrons. The summed E-state index contributed by atoms with van der Waals surface area (Å²) in [4.78, 5) is 22.0. The van der Waals surface area contributed by atoms with Crippen LogP contribution in [0.25, 0.3) is 10.2 Å². The molecule has 0 spiro atoms. The van der Waals surface area contributed by atoms with Gasteiger partial charge in [0.1, 0.15) is 11.5 Å². The Morgan fingerprint density at radius 3 is 2.61 bits per heavy atom. The Hall–Kier alpha value is -2.39. The molecule has 1 aliphatic heterocycles. The average molecular weight is 492 g/mol. The zero-order chi connectivity index (χ0) is 22.3. The van der Waals surface area contributed by atoms with Crippen molar-refractivity contribution < 1.29 is 19.0 Å². The maximum atomic E-state index is 13.2. The molecule has 3 aromatic rings. The lowest BCUT2D eigenvalue weighted by molar-refractivity contribution is -0.120. The Morgan fingerprint density at radius 1 is 1.15 bits per heavy atom. The van der Waals surface area contributed by atoms with Crippen LogP contribution in [-0.2, 0) is 9.53 Å². The van der Waals surface area contributed by atoms with Crippen molar-refractivity contribution in [2.24, 2.45) is 0 Å². The highest BCUT2D eigenvalue weighted by Gasteiger charge is 2.21. The van der Waals surface area contributed by atoms with E-state index < -0.39 is 0 Å².